The Kier molecular flexibility index (Phi) is 7.83. The van der Waals surface area contributed by atoms with Crippen LogP contribution < -0.4 is 29.6 Å². The second-order valence-electron chi connectivity index (χ2n) is 1.42. The van der Waals surface area contributed by atoms with E-state index in [4.69, 9.17) is 10.2 Å². The molecule has 0 fully saturated rings. The molecule has 2 N–H and O–H groups in total. The molecule has 0 rings (SSSR count). The molecule has 4 heteroatoms. The second-order valence-corrected chi connectivity index (χ2v) is 1.42. The smallest absolute Gasteiger partial charge is 0.481 e. The number of hydrogen-bond acceptors (Lipinski definition) is 2. The first kappa shape index (κ1) is 11.3. The Morgan fingerprint density at radius 3 is 2.12 bits per heavy atom. The molecule has 0 aromatic carbocycles. The van der Waals surface area contributed by atoms with Gasteiger partial charge in [0.25, 0.3) is 0 Å². The van der Waals surface area contributed by atoms with Crippen LogP contribution in [-0.4, -0.2) is 22.8 Å². The number of aliphatic hydroxyl groups excluding tert-OH is 1. The zero-order valence-corrected chi connectivity index (χ0v) is 7.09. The molecule has 0 bridgehead atoms. The number of carboxylic acid groups (broad SMARTS) is 1. The van der Waals surface area contributed by atoms with Crippen LogP contribution in [0, 0.1) is 5.92 Å². The number of aliphatic hydroxyl groups is 1. The van der Waals surface area contributed by atoms with Crippen LogP contribution in [0.4, 0.5) is 0 Å². The van der Waals surface area contributed by atoms with Crippen LogP contribution in [0.5, 0.6) is 0 Å². The summed E-state index contributed by atoms with van der Waals surface area (Å²) in [5, 5.41) is 16.1. The van der Waals surface area contributed by atoms with E-state index in [0.717, 1.165) is 0 Å². The summed E-state index contributed by atoms with van der Waals surface area (Å²) in [6, 6.07) is 0. The third kappa shape index (κ3) is 4.59. The summed E-state index contributed by atoms with van der Waals surface area (Å²) in [5.41, 5.74) is 0. The van der Waals surface area contributed by atoms with Crippen molar-refractivity contribution in [1.82, 2.24) is 0 Å². The minimum absolute atomic E-state index is 0. The van der Waals surface area contributed by atoms with Gasteiger partial charge in [-0.15, -0.1) is 0 Å². The fourth-order valence-electron chi connectivity index (χ4n) is 0.0781. The van der Waals surface area contributed by atoms with E-state index in [-0.39, 0.29) is 36.2 Å². The quantitative estimate of drug-likeness (QED) is 0.382. The van der Waals surface area contributed by atoms with Crippen LogP contribution in [0.25, 0.3) is 0 Å². The maximum atomic E-state index is 9.77. The maximum Gasteiger partial charge on any atom is 1.00 e. The van der Waals surface area contributed by atoms with E-state index < -0.39 is 11.9 Å². The Morgan fingerprint density at radius 2 is 2.12 bits per heavy atom. The Balaban J connectivity index is 0. The summed E-state index contributed by atoms with van der Waals surface area (Å²) < 4.78 is 0. The first-order chi connectivity index (χ1) is 3.18. The first-order valence-corrected chi connectivity index (χ1v) is 2.02. The number of aliphatic carboxylic acids is 1. The van der Waals surface area contributed by atoms with Gasteiger partial charge in [-0.1, -0.05) is 0 Å². The molecule has 0 spiro atoms. The topological polar surface area (TPSA) is 57.5 Å². The first-order valence-electron chi connectivity index (χ1n) is 2.02. The van der Waals surface area contributed by atoms with Crippen molar-refractivity contribution < 1.29 is 44.6 Å². The Labute approximate surface area is 70.0 Å². The van der Waals surface area contributed by atoms with Crippen LogP contribution in [0.3, 0.4) is 0 Å². The molecular weight excluding hydrogens is 119 g/mol. The Bertz CT molecular complexity index is 73.7. The predicted octanol–water partition coefficient (Wildman–Crippen LogP) is -3.30. The predicted molar refractivity (Wildman–Crippen MR) is 23.9 cm³/mol. The van der Waals surface area contributed by atoms with E-state index in [2.05, 4.69) is 0 Å². The number of rotatable bonds is 2. The fraction of sp³-hybridized carbons (Fsp3) is 0.750. The van der Waals surface area contributed by atoms with Crippen molar-refractivity contribution in [3.05, 3.63) is 0 Å². The third-order valence-electron chi connectivity index (χ3n) is 0.695. The van der Waals surface area contributed by atoms with Gasteiger partial charge in [-0.2, -0.15) is 0 Å². The molecule has 0 aliphatic carbocycles. The van der Waals surface area contributed by atoms with Crippen molar-refractivity contribution in [2.75, 3.05) is 6.61 Å². The summed E-state index contributed by atoms with van der Waals surface area (Å²) in [6.45, 7) is 1.16. The third-order valence-corrected chi connectivity index (χ3v) is 0.695. The molecule has 42 valence electrons. The molecule has 0 saturated carbocycles. The number of carboxylic acids is 1. The zero-order chi connectivity index (χ0) is 5.86. The molecule has 8 heavy (non-hydrogen) atoms. The molecule has 0 radical (unpaired) electrons. The normalized spacial score (nSPS) is 11.8. The van der Waals surface area contributed by atoms with Crippen LogP contribution in [0.1, 0.15) is 6.92 Å². The van der Waals surface area contributed by atoms with Gasteiger partial charge in [0.05, 0.1) is 12.5 Å². The Hall–Kier alpha value is 0.430. The van der Waals surface area contributed by atoms with Gasteiger partial charge in [-0.25, -0.2) is 0 Å². The van der Waals surface area contributed by atoms with Gasteiger partial charge in [0.2, 0.25) is 0 Å². The molecule has 0 aliphatic rings. The number of hydrogen-bond donors (Lipinski definition) is 2. The van der Waals surface area contributed by atoms with Gasteiger partial charge < -0.3 is 10.2 Å². The van der Waals surface area contributed by atoms with E-state index in [1.807, 2.05) is 0 Å². The molecule has 3 nitrogen and oxygen atoms in total. The monoisotopic (exact) mass is 127 g/mol. The van der Waals surface area contributed by atoms with E-state index >= 15 is 0 Å². The average molecular weight is 127 g/mol. The van der Waals surface area contributed by atoms with Gasteiger partial charge in [0.1, 0.15) is 0 Å². The molecule has 1 unspecified atom stereocenters. The van der Waals surface area contributed by atoms with Crippen molar-refractivity contribution in [2.45, 2.75) is 6.92 Å². The minimum atomic E-state index is -0.956. The second kappa shape index (κ2) is 5.56. The fourth-order valence-corrected chi connectivity index (χ4v) is 0.0781. The van der Waals surface area contributed by atoms with Crippen LogP contribution in [-0.2, 0) is 4.79 Å². The van der Waals surface area contributed by atoms with Gasteiger partial charge >= 0.3 is 35.5 Å². The van der Waals surface area contributed by atoms with Crippen molar-refractivity contribution in [2.24, 2.45) is 5.92 Å². The Morgan fingerprint density at radius 1 is 1.75 bits per heavy atom. The summed E-state index contributed by atoms with van der Waals surface area (Å²) >= 11 is 0. The molecule has 0 saturated heterocycles. The van der Waals surface area contributed by atoms with Crippen molar-refractivity contribution in [3.63, 3.8) is 0 Å². The van der Waals surface area contributed by atoms with Crippen LogP contribution >= 0.6 is 0 Å². The molecule has 0 aliphatic heterocycles. The standard InChI is InChI=1S/C4H8O3.Na/c1-3(2-5)4(6)7;/h3,5H,2H2,1H3,(H,6,7);/q;+1. The summed E-state index contributed by atoms with van der Waals surface area (Å²) in [4.78, 5) is 9.77. The molecule has 0 heterocycles. The van der Waals surface area contributed by atoms with E-state index in [1.165, 1.54) is 6.92 Å². The molecular formula is C4H8NaO3+. The molecule has 1 atom stereocenters. The summed E-state index contributed by atoms with van der Waals surface area (Å²) in [7, 11) is 0. The molecule has 0 aromatic heterocycles. The van der Waals surface area contributed by atoms with Crippen LogP contribution in [0.2, 0.25) is 0 Å². The SMILES string of the molecule is CC(CO)C(=O)O.[Na+]. The molecule has 0 amide bonds. The minimum Gasteiger partial charge on any atom is -0.481 e. The van der Waals surface area contributed by atoms with Gasteiger partial charge in [-0.05, 0) is 6.92 Å². The maximum absolute atomic E-state index is 9.77. The van der Waals surface area contributed by atoms with E-state index in [1.54, 1.807) is 0 Å². The summed E-state index contributed by atoms with van der Waals surface area (Å²) in [6.07, 6.45) is 0. The van der Waals surface area contributed by atoms with Crippen molar-refractivity contribution >= 4 is 5.97 Å². The van der Waals surface area contributed by atoms with Gasteiger partial charge in [0.15, 0.2) is 0 Å². The van der Waals surface area contributed by atoms with E-state index in [9.17, 15) is 4.79 Å². The largest absolute Gasteiger partial charge is 1.00 e. The zero-order valence-electron chi connectivity index (χ0n) is 5.09. The molecule has 0 aromatic rings. The van der Waals surface area contributed by atoms with Crippen LogP contribution in [0.15, 0.2) is 0 Å². The van der Waals surface area contributed by atoms with Gasteiger partial charge in [0, 0.05) is 0 Å². The number of carbonyl (C=O) groups is 1. The van der Waals surface area contributed by atoms with Crippen molar-refractivity contribution in [1.29, 1.82) is 0 Å². The average Bonchev–Trinajstić information content (AvgIpc) is 1.65. The van der Waals surface area contributed by atoms with Gasteiger partial charge in [-0.3, -0.25) is 4.79 Å². The van der Waals surface area contributed by atoms with E-state index in [0.29, 0.717) is 0 Å². The van der Waals surface area contributed by atoms with Crippen molar-refractivity contribution in [3.8, 4) is 0 Å². The summed E-state index contributed by atoms with van der Waals surface area (Å²) in [5.74, 6) is -1.58.